The van der Waals surface area contributed by atoms with E-state index < -0.39 is 0 Å². The van der Waals surface area contributed by atoms with Crippen molar-refractivity contribution in [2.45, 2.75) is 0 Å². The predicted octanol–water partition coefficient (Wildman–Crippen LogP) is 14.0. The Morgan fingerprint density at radius 1 is 0.377 bits per heavy atom. The maximum Gasteiger partial charge on any atom is 0.227 e. The SMILES string of the molecule is c1ccc(-c2cccc(N(c3ccc4oc5ccccc5c4c3)c3ccc4ccc5c6nc(-c7ccccc7)oc6c6ccccc6c5c4c3)c2)cc1. The van der Waals surface area contributed by atoms with Crippen LogP contribution < -0.4 is 4.90 Å². The summed E-state index contributed by atoms with van der Waals surface area (Å²) in [6.07, 6.45) is 0. The Bertz CT molecular complexity index is 3180. The van der Waals surface area contributed by atoms with E-state index in [4.69, 9.17) is 13.8 Å². The number of oxazole rings is 1. The lowest BCUT2D eigenvalue weighted by atomic mass is 9.94. The van der Waals surface area contributed by atoms with E-state index in [0.29, 0.717) is 5.89 Å². The second-order valence-electron chi connectivity index (χ2n) is 13.5. The molecular formula is C49H30N2O2. The third-order valence-electron chi connectivity index (χ3n) is 10.4. The first-order chi connectivity index (χ1) is 26.3. The van der Waals surface area contributed by atoms with Crippen LogP contribution in [0.1, 0.15) is 0 Å². The minimum Gasteiger partial charge on any atom is -0.456 e. The molecule has 4 nitrogen and oxygen atoms in total. The zero-order valence-corrected chi connectivity index (χ0v) is 28.5. The van der Waals surface area contributed by atoms with Crippen molar-refractivity contribution < 1.29 is 8.83 Å². The van der Waals surface area contributed by atoms with E-state index in [1.54, 1.807) is 0 Å². The van der Waals surface area contributed by atoms with Crippen molar-refractivity contribution >= 4 is 82.4 Å². The molecule has 0 saturated carbocycles. The van der Waals surface area contributed by atoms with Gasteiger partial charge in [-0.3, -0.25) is 0 Å². The van der Waals surface area contributed by atoms with E-state index in [2.05, 4.69) is 144 Å². The summed E-state index contributed by atoms with van der Waals surface area (Å²) < 4.78 is 12.8. The predicted molar refractivity (Wildman–Crippen MR) is 219 cm³/mol. The summed E-state index contributed by atoms with van der Waals surface area (Å²) in [6, 6.07) is 64.0. The fourth-order valence-electron chi connectivity index (χ4n) is 7.98. The fraction of sp³-hybridized carbons (Fsp3) is 0. The molecule has 2 aromatic heterocycles. The van der Waals surface area contributed by atoms with E-state index >= 15 is 0 Å². The van der Waals surface area contributed by atoms with Gasteiger partial charge in [0, 0.05) is 44.2 Å². The molecule has 0 spiro atoms. The molecule has 0 saturated heterocycles. The summed E-state index contributed by atoms with van der Waals surface area (Å²) in [6.45, 7) is 0. The molecule has 0 amide bonds. The van der Waals surface area contributed by atoms with Gasteiger partial charge in [0.15, 0.2) is 5.58 Å². The summed E-state index contributed by atoms with van der Waals surface area (Å²) in [5.74, 6) is 0.624. The molecule has 0 aliphatic rings. The molecule has 11 rings (SSSR count). The Labute approximate surface area is 304 Å². The summed E-state index contributed by atoms with van der Waals surface area (Å²) in [7, 11) is 0. The van der Waals surface area contributed by atoms with E-state index in [0.717, 1.165) is 93.5 Å². The maximum absolute atomic E-state index is 6.54. The average molecular weight is 679 g/mol. The molecule has 4 heteroatoms. The average Bonchev–Trinajstić information content (AvgIpc) is 3.84. The Hall–Kier alpha value is -7.17. The minimum absolute atomic E-state index is 0.624. The monoisotopic (exact) mass is 678 g/mol. The van der Waals surface area contributed by atoms with Crippen LogP contribution in [0.3, 0.4) is 0 Å². The maximum atomic E-state index is 6.54. The number of hydrogen-bond acceptors (Lipinski definition) is 4. The molecule has 9 aromatic carbocycles. The topological polar surface area (TPSA) is 42.4 Å². The van der Waals surface area contributed by atoms with E-state index in [9.17, 15) is 0 Å². The lowest BCUT2D eigenvalue weighted by Gasteiger charge is -2.26. The van der Waals surface area contributed by atoms with Crippen LogP contribution in [0.15, 0.2) is 191 Å². The first-order valence-electron chi connectivity index (χ1n) is 17.9. The van der Waals surface area contributed by atoms with Crippen molar-refractivity contribution in [3.8, 4) is 22.6 Å². The largest absolute Gasteiger partial charge is 0.456 e. The smallest absolute Gasteiger partial charge is 0.227 e. The molecule has 0 unspecified atom stereocenters. The van der Waals surface area contributed by atoms with Gasteiger partial charge in [0.25, 0.3) is 0 Å². The number of hydrogen-bond donors (Lipinski definition) is 0. The zero-order chi connectivity index (χ0) is 34.9. The van der Waals surface area contributed by atoms with Crippen molar-refractivity contribution in [2.24, 2.45) is 0 Å². The van der Waals surface area contributed by atoms with Crippen LogP contribution in [0.5, 0.6) is 0 Å². The molecule has 0 N–H and O–H groups in total. The highest BCUT2D eigenvalue weighted by atomic mass is 16.3. The number of rotatable bonds is 5. The van der Waals surface area contributed by atoms with Crippen LogP contribution in [-0.4, -0.2) is 4.98 Å². The Balaban J connectivity index is 1.18. The highest BCUT2D eigenvalue weighted by molar-refractivity contribution is 6.30. The molecule has 0 atom stereocenters. The van der Waals surface area contributed by atoms with Crippen molar-refractivity contribution in [2.75, 3.05) is 4.90 Å². The van der Waals surface area contributed by atoms with Gasteiger partial charge < -0.3 is 13.7 Å². The third kappa shape index (κ3) is 4.73. The first-order valence-corrected chi connectivity index (χ1v) is 17.9. The van der Waals surface area contributed by atoms with Gasteiger partial charge in [0.05, 0.1) is 0 Å². The molecule has 2 heterocycles. The molecule has 11 aromatic rings. The second kappa shape index (κ2) is 11.7. The van der Waals surface area contributed by atoms with Gasteiger partial charge in [-0.05, 0) is 93.3 Å². The van der Waals surface area contributed by atoms with Gasteiger partial charge in [-0.25, -0.2) is 4.98 Å². The Kier molecular flexibility index (Phi) is 6.52. The van der Waals surface area contributed by atoms with Crippen LogP contribution in [0.2, 0.25) is 0 Å². The van der Waals surface area contributed by atoms with Gasteiger partial charge in [0.1, 0.15) is 16.7 Å². The molecule has 0 bridgehead atoms. The molecule has 0 aliphatic carbocycles. The van der Waals surface area contributed by atoms with Crippen LogP contribution in [0.25, 0.3) is 87.9 Å². The number of furan rings is 1. The Morgan fingerprint density at radius 2 is 1.00 bits per heavy atom. The van der Waals surface area contributed by atoms with Crippen molar-refractivity contribution in [1.82, 2.24) is 4.98 Å². The molecule has 0 radical (unpaired) electrons. The number of aromatic nitrogens is 1. The van der Waals surface area contributed by atoms with Crippen LogP contribution in [0, 0.1) is 0 Å². The second-order valence-corrected chi connectivity index (χ2v) is 13.5. The van der Waals surface area contributed by atoms with Crippen molar-refractivity contribution in [3.05, 3.63) is 182 Å². The number of benzene rings is 9. The highest BCUT2D eigenvalue weighted by Gasteiger charge is 2.20. The normalized spacial score (nSPS) is 11.8. The lowest BCUT2D eigenvalue weighted by molar-refractivity contribution is 0.623. The summed E-state index contributed by atoms with van der Waals surface area (Å²) >= 11 is 0. The standard InChI is InChI=1S/C49H30N2O2/c1-3-12-31(13-4-1)34-16-11-17-35(28-34)51(37-25-27-45-43(30-37)38-18-9-10-21-44(38)52-45)36-24-22-32-23-26-41-46(42(32)29-36)39-19-7-8-20-40(39)48-47(41)50-49(53-48)33-14-5-2-6-15-33/h1-30H. The zero-order valence-electron chi connectivity index (χ0n) is 28.5. The van der Waals surface area contributed by atoms with Crippen LogP contribution >= 0.6 is 0 Å². The van der Waals surface area contributed by atoms with Crippen molar-refractivity contribution in [1.29, 1.82) is 0 Å². The van der Waals surface area contributed by atoms with Gasteiger partial charge in [0.2, 0.25) is 5.89 Å². The van der Waals surface area contributed by atoms with Crippen molar-refractivity contribution in [3.63, 3.8) is 0 Å². The molecular weight excluding hydrogens is 649 g/mol. The minimum atomic E-state index is 0.624. The Morgan fingerprint density at radius 3 is 1.83 bits per heavy atom. The lowest BCUT2D eigenvalue weighted by Crippen LogP contribution is -2.10. The number of fused-ring (bicyclic) bond motifs is 11. The van der Waals surface area contributed by atoms with Crippen LogP contribution in [0.4, 0.5) is 17.1 Å². The van der Waals surface area contributed by atoms with Crippen LogP contribution in [-0.2, 0) is 0 Å². The molecule has 248 valence electrons. The van der Waals surface area contributed by atoms with Gasteiger partial charge in [-0.15, -0.1) is 0 Å². The number of nitrogens with zero attached hydrogens (tertiary/aromatic N) is 2. The highest BCUT2D eigenvalue weighted by Crippen LogP contribution is 2.44. The molecule has 0 fully saturated rings. The third-order valence-corrected chi connectivity index (χ3v) is 10.4. The fourth-order valence-corrected chi connectivity index (χ4v) is 7.98. The summed E-state index contributed by atoms with van der Waals surface area (Å²) in [5, 5.41) is 8.91. The summed E-state index contributed by atoms with van der Waals surface area (Å²) in [4.78, 5) is 7.48. The van der Waals surface area contributed by atoms with E-state index in [1.165, 1.54) is 5.56 Å². The quantitative estimate of drug-likeness (QED) is 0.170. The van der Waals surface area contributed by atoms with E-state index in [-0.39, 0.29) is 0 Å². The summed E-state index contributed by atoms with van der Waals surface area (Å²) in [5.41, 5.74) is 9.88. The first kappa shape index (κ1) is 29.5. The molecule has 0 aliphatic heterocycles. The number of para-hydroxylation sites is 1. The molecule has 53 heavy (non-hydrogen) atoms. The van der Waals surface area contributed by atoms with Gasteiger partial charge >= 0.3 is 0 Å². The van der Waals surface area contributed by atoms with E-state index in [1.807, 2.05) is 42.5 Å². The van der Waals surface area contributed by atoms with Gasteiger partial charge in [-0.1, -0.05) is 121 Å². The van der Waals surface area contributed by atoms with Gasteiger partial charge in [-0.2, -0.15) is 0 Å². The number of anilines is 3.